The summed E-state index contributed by atoms with van der Waals surface area (Å²) in [5, 5.41) is 3.45. The lowest BCUT2D eigenvalue weighted by Gasteiger charge is -2.20. The zero-order valence-electron chi connectivity index (χ0n) is 16.5. The average molecular weight is 413 g/mol. The molecule has 3 aromatic rings. The molecule has 0 unspecified atom stereocenters. The summed E-state index contributed by atoms with van der Waals surface area (Å²) in [5.74, 6) is 0.705. The fourth-order valence-corrected chi connectivity index (χ4v) is 3.82. The van der Waals surface area contributed by atoms with E-state index in [-0.39, 0.29) is 5.91 Å². The number of amides is 1. The number of rotatable bonds is 5. The summed E-state index contributed by atoms with van der Waals surface area (Å²) in [6.07, 6.45) is 0.999. The number of benzene rings is 2. The highest BCUT2D eigenvalue weighted by Gasteiger charge is 2.19. The van der Waals surface area contributed by atoms with Gasteiger partial charge in [0.2, 0.25) is 11.8 Å². The number of oxazole rings is 1. The maximum Gasteiger partial charge on any atom is 0.238 e. The van der Waals surface area contributed by atoms with Gasteiger partial charge in [-0.15, -0.1) is 0 Å². The molecule has 1 fully saturated rings. The molecule has 0 saturated carbocycles. The predicted molar refractivity (Wildman–Crippen MR) is 115 cm³/mol. The van der Waals surface area contributed by atoms with Gasteiger partial charge in [0.1, 0.15) is 5.52 Å². The summed E-state index contributed by atoms with van der Waals surface area (Å²) >= 11 is 6.12. The van der Waals surface area contributed by atoms with E-state index in [2.05, 4.69) is 20.1 Å². The minimum absolute atomic E-state index is 0.0409. The number of aryl methyl sites for hydroxylation is 1. The van der Waals surface area contributed by atoms with Crippen molar-refractivity contribution < 1.29 is 9.21 Å². The van der Waals surface area contributed by atoms with Crippen molar-refractivity contribution in [2.75, 3.05) is 38.0 Å². The largest absolute Gasteiger partial charge is 0.439 e. The minimum atomic E-state index is -0.0409. The van der Waals surface area contributed by atoms with E-state index in [4.69, 9.17) is 16.0 Å². The third-order valence-corrected chi connectivity index (χ3v) is 5.47. The highest BCUT2D eigenvalue weighted by molar-refractivity contribution is 6.33. The second-order valence-electron chi connectivity index (χ2n) is 7.51. The van der Waals surface area contributed by atoms with Crippen molar-refractivity contribution in [2.45, 2.75) is 19.9 Å². The van der Waals surface area contributed by atoms with Crippen LogP contribution in [0.15, 0.2) is 46.9 Å². The Morgan fingerprint density at radius 1 is 1.14 bits per heavy atom. The van der Waals surface area contributed by atoms with Crippen molar-refractivity contribution in [2.24, 2.45) is 0 Å². The van der Waals surface area contributed by atoms with Gasteiger partial charge in [0.15, 0.2) is 5.58 Å². The molecule has 1 saturated heterocycles. The molecule has 0 atom stereocenters. The number of aromatic nitrogens is 1. The lowest BCUT2D eigenvalue weighted by molar-refractivity contribution is -0.117. The number of para-hydroxylation sites is 1. The van der Waals surface area contributed by atoms with E-state index in [0.717, 1.165) is 49.6 Å². The first-order valence-corrected chi connectivity index (χ1v) is 10.3. The maximum atomic E-state index is 12.4. The summed E-state index contributed by atoms with van der Waals surface area (Å²) in [6.45, 7) is 6.65. The molecule has 1 aliphatic heterocycles. The zero-order valence-corrected chi connectivity index (χ0v) is 17.3. The first-order chi connectivity index (χ1) is 14.1. The van der Waals surface area contributed by atoms with Crippen molar-refractivity contribution in [1.29, 1.82) is 0 Å². The van der Waals surface area contributed by atoms with Gasteiger partial charge in [0, 0.05) is 13.1 Å². The van der Waals surface area contributed by atoms with E-state index in [1.807, 2.05) is 43.3 Å². The Hall–Kier alpha value is -2.41. The van der Waals surface area contributed by atoms with Gasteiger partial charge in [0.25, 0.3) is 0 Å². The number of hydrogen-bond donors (Lipinski definition) is 1. The van der Waals surface area contributed by atoms with Crippen LogP contribution in [0.3, 0.4) is 0 Å². The first-order valence-electron chi connectivity index (χ1n) is 9.92. The van der Waals surface area contributed by atoms with Crippen LogP contribution in [0.25, 0.3) is 11.1 Å². The van der Waals surface area contributed by atoms with Crippen LogP contribution in [0.1, 0.15) is 17.9 Å². The molecule has 4 rings (SSSR count). The average Bonchev–Trinajstić information content (AvgIpc) is 2.95. The van der Waals surface area contributed by atoms with Crippen molar-refractivity contribution in [3.05, 3.63) is 58.9 Å². The second kappa shape index (κ2) is 8.95. The van der Waals surface area contributed by atoms with Crippen LogP contribution in [0, 0.1) is 6.92 Å². The molecule has 7 heteroatoms. The van der Waals surface area contributed by atoms with Crippen molar-refractivity contribution in [3.8, 4) is 0 Å². The minimum Gasteiger partial charge on any atom is -0.439 e. The van der Waals surface area contributed by atoms with Gasteiger partial charge >= 0.3 is 0 Å². The molecular formula is C22H25ClN4O2. The van der Waals surface area contributed by atoms with E-state index in [1.165, 1.54) is 5.56 Å². The van der Waals surface area contributed by atoms with Gasteiger partial charge in [-0.05, 0) is 56.3 Å². The Morgan fingerprint density at radius 2 is 1.93 bits per heavy atom. The highest BCUT2D eigenvalue weighted by atomic mass is 35.5. The SMILES string of the molecule is Cc1ccc2nc(CN3CCCN(CC(=O)Nc4ccccc4Cl)CC3)oc2c1. The normalized spacial score (nSPS) is 16.1. The molecule has 0 radical (unpaired) electrons. The molecule has 2 aromatic carbocycles. The topological polar surface area (TPSA) is 61.6 Å². The van der Waals surface area contributed by atoms with Gasteiger partial charge in [0.05, 0.1) is 23.8 Å². The predicted octanol–water partition coefficient (Wildman–Crippen LogP) is 3.94. The molecule has 1 N–H and O–H groups in total. The quantitative estimate of drug-likeness (QED) is 0.687. The van der Waals surface area contributed by atoms with E-state index in [9.17, 15) is 4.79 Å². The lowest BCUT2D eigenvalue weighted by Crippen LogP contribution is -2.36. The van der Waals surface area contributed by atoms with Crippen LogP contribution < -0.4 is 5.32 Å². The Labute approximate surface area is 175 Å². The molecule has 0 aliphatic carbocycles. The monoisotopic (exact) mass is 412 g/mol. The van der Waals surface area contributed by atoms with Gasteiger partial charge in [-0.2, -0.15) is 0 Å². The number of fused-ring (bicyclic) bond motifs is 1. The van der Waals surface area contributed by atoms with Gasteiger partial charge in [-0.25, -0.2) is 4.98 Å². The fraction of sp³-hybridized carbons (Fsp3) is 0.364. The zero-order chi connectivity index (χ0) is 20.2. The van der Waals surface area contributed by atoms with E-state index in [1.54, 1.807) is 6.07 Å². The van der Waals surface area contributed by atoms with Crippen LogP contribution >= 0.6 is 11.6 Å². The van der Waals surface area contributed by atoms with Crippen molar-refractivity contribution in [3.63, 3.8) is 0 Å². The van der Waals surface area contributed by atoms with Gasteiger partial charge in [-0.3, -0.25) is 14.6 Å². The smallest absolute Gasteiger partial charge is 0.238 e. The Morgan fingerprint density at radius 3 is 2.79 bits per heavy atom. The van der Waals surface area contributed by atoms with Crippen molar-refractivity contribution >= 4 is 34.3 Å². The van der Waals surface area contributed by atoms with Gasteiger partial charge in [-0.1, -0.05) is 29.8 Å². The van der Waals surface area contributed by atoms with Crippen LogP contribution in [0.2, 0.25) is 5.02 Å². The number of nitrogens with zero attached hydrogens (tertiary/aromatic N) is 3. The van der Waals surface area contributed by atoms with Crippen molar-refractivity contribution in [1.82, 2.24) is 14.8 Å². The number of nitrogens with one attached hydrogen (secondary N) is 1. The Kier molecular flexibility index (Phi) is 6.13. The summed E-state index contributed by atoms with van der Waals surface area (Å²) in [7, 11) is 0. The summed E-state index contributed by atoms with van der Waals surface area (Å²) in [6, 6.07) is 13.4. The number of halogens is 1. The number of anilines is 1. The molecule has 29 heavy (non-hydrogen) atoms. The van der Waals surface area contributed by atoms with Crippen LogP contribution in [0.5, 0.6) is 0 Å². The standard InChI is InChI=1S/C22H25ClN4O2/c1-16-7-8-19-20(13-16)29-22(25-19)15-27-10-4-9-26(11-12-27)14-21(28)24-18-6-3-2-5-17(18)23/h2-3,5-8,13H,4,9-12,14-15H2,1H3,(H,24,28). The van der Waals surface area contributed by atoms with Gasteiger partial charge < -0.3 is 9.73 Å². The van der Waals surface area contributed by atoms with Crippen LogP contribution in [-0.2, 0) is 11.3 Å². The van der Waals surface area contributed by atoms with Crippen LogP contribution in [0.4, 0.5) is 5.69 Å². The molecule has 1 aliphatic rings. The number of carbonyl (C=O) groups excluding carboxylic acids is 1. The highest BCUT2D eigenvalue weighted by Crippen LogP contribution is 2.21. The molecule has 1 aromatic heterocycles. The summed E-state index contributed by atoms with van der Waals surface area (Å²) in [5.41, 5.74) is 3.56. The lowest BCUT2D eigenvalue weighted by atomic mass is 10.2. The van der Waals surface area contributed by atoms with E-state index >= 15 is 0 Å². The third kappa shape index (κ3) is 5.15. The fourth-order valence-electron chi connectivity index (χ4n) is 3.63. The molecule has 152 valence electrons. The maximum absolute atomic E-state index is 12.4. The Bertz CT molecular complexity index is 1000. The molecule has 0 spiro atoms. The molecule has 0 bridgehead atoms. The van der Waals surface area contributed by atoms with E-state index in [0.29, 0.717) is 23.8 Å². The van der Waals surface area contributed by atoms with Crippen LogP contribution in [-0.4, -0.2) is 53.4 Å². The molecule has 6 nitrogen and oxygen atoms in total. The molecule has 2 heterocycles. The summed E-state index contributed by atoms with van der Waals surface area (Å²) in [4.78, 5) is 21.5. The first kappa shape index (κ1) is 19.9. The number of hydrogen-bond acceptors (Lipinski definition) is 5. The number of carbonyl (C=O) groups is 1. The second-order valence-corrected chi connectivity index (χ2v) is 7.92. The molecular weight excluding hydrogens is 388 g/mol. The Balaban J connectivity index is 1.30. The molecule has 1 amide bonds. The van der Waals surface area contributed by atoms with E-state index < -0.39 is 0 Å². The third-order valence-electron chi connectivity index (χ3n) is 5.14. The summed E-state index contributed by atoms with van der Waals surface area (Å²) < 4.78 is 5.92.